The molecule has 0 atom stereocenters. The number of phenolic OH excluding ortho intramolecular Hbond substituents is 2. The molecule has 0 spiro atoms. The van der Waals surface area contributed by atoms with Gasteiger partial charge in [-0.25, -0.2) is 15.0 Å². The van der Waals surface area contributed by atoms with Gasteiger partial charge in [-0.15, -0.1) is 0 Å². The Labute approximate surface area is 156 Å². The second-order valence-electron chi connectivity index (χ2n) is 6.19. The molecular formula is C22H17N3O2. The van der Waals surface area contributed by atoms with Gasteiger partial charge >= 0.3 is 0 Å². The molecule has 27 heavy (non-hydrogen) atoms. The van der Waals surface area contributed by atoms with Crippen molar-refractivity contribution in [2.45, 2.75) is 6.92 Å². The Balaban J connectivity index is 1.95. The van der Waals surface area contributed by atoms with Crippen molar-refractivity contribution in [2.24, 2.45) is 0 Å². The molecule has 0 aliphatic heterocycles. The minimum Gasteiger partial charge on any atom is -0.508 e. The minimum atomic E-state index is -0.0812. The molecule has 3 aromatic carbocycles. The molecule has 0 fully saturated rings. The summed E-state index contributed by atoms with van der Waals surface area (Å²) in [7, 11) is 0. The Hall–Kier alpha value is -3.73. The van der Waals surface area contributed by atoms with Crippen LogP contribution in [0.5, 0.6) is 11.5 Å². The van der Waals surface area contributed by atoms with Gasteiger partial charge in [-0.2, -0.15) is 0 Å². The molecule has 5 heteroatoms. The number of benzene rings is 3. The van der Waals surface area contributed by atoms with Crippen LogP contribution in [0, 0.1) is 6.92 Å². The van der Waals surface area contributed by atoms with Gasteiger partial charge in [0.2, 0.25) is 0 Å². The minimum absolute atomic E-state index is 0.0249. The number of hydrogen-bond donors (Lipinski definition) is 2. The fourth-order valence-electron chi connectivity index (χ4n) is 2.79. The molecule has 1 heterocycles. The van der Waals surface area contributed by atoms with Gasteiger partial charge in [-0.05, 0) is 18.6 Å². The van der Waals surface area contributed by atoms with Crippen molar-refractivity contribution >= 4 is 0 Å². The van der Waals surface area contributed by atoms with Gasteiger partial charge in [-0.1, -0.05) is 60.7 Å². The third-order valence-corrected chi connectivity index (χ3v) is 4.25. The molecule has 1 aromatic heterocycles. The van der Waals surface area contributed by atoms with E-state index in [4.69, 9.17) is 0 Å². The summed E-state index contributed by atoms with van der Waals surface area (Å²) in [5.41, 5.74) is 2.79. The summed E-state index contributed by atoms with van der Waals surface area (Å²) < 4.78 is 0. The van der Waals surface area contributed by atoms with E-state index in [0.717, 1.165) is 11.1 Å². The van der Waals surface area contributed by atoms with Crippen LogP contribution in [0.1, 0.15) is 5.56 Å². The van der Waals surface area contributed by atoms with Crippen LogP contribution in [-0.2, 0) is 0 Å². The van der Waals surface area contributed by atoms with Crippen LogP contribution in [-0.4, -0.2) is 25.2 Å². The Kier molecular flexibility index (Phi) is 4.26. The van der Waals surface area contributed by atoms with Crippen LogP contribution >= 0.6 is 0 Å². The number of rotatable bonds is 3. The van der Waals surface area contributed by atoms with Crippen LogP contribution < -0.4 is 0 Å². The van der Waals surface area contributed by atoms with Gasteiger partial charge in [0.05, 0.1) is 5.56 Å². The Bertz CT molecular complexity index is 1040. The van der Waals surface area contributed by atoms with Gasteiger partial charge in [0, 0.05) is 17.2 Å². The lowest BCUT2D eigenvalue weighted by Gasteiger charge is -2.10. The SMILES string of the molecule is Cc1cc(-c2nc(-c3ccccc3)nc(-c3ccccc3)n2)c(O)cc1O. The molecule has 4 rings (SSSR count). The third-order valence-electron chi connectivity index (χ3n) is 4.25. The monoisotopic (exact) mass is 355 g/mol. The van der Waals surface area contributed by atoms with Gasteiger partial charge in [0.25, 0.3) is 0 Å². The number of aromatic nitrogens is 3. The van der Waals surface area contributed by atoms with Crippen LogP contribution in [0.15, 0.2) is 72.8 Å². The van der Waals surface area contributed by atoms with E-state index in [1.54, 1.807) is 13.0 Å². The lowest BCUT2D eigenvalue weighted by atomic mass is 10.1. The molecule has 0 bridgehead atoms. The molecule has 4 aromatic rings. The van der Waals surface area contributed by atoms with Crippen LogP contribution in [0.25, 0.3) is 34.2 Å². The second kappa shape index (κ2) is 6.88. The highest BCUT2D eigenvalue weighted by Gasteiger charge is 2.15. The molecule has 0 amide bonds. The maximum atomic E-state index is 10.3. The van der Waals surface area contributed by atoms with Crippen molar-refractivity contribution in [2.75, 3.05) is 0 Å². The highest BCUT2D eigenvalue weighted by Crippen LogP contribution is 2.34. The second-order valence-corrected chi connectivity index (χ2v) is 6.19. The van der Waals surface area contributed by atoms with Gasteiger partial charge in [-0.3, -0.25) is 0 Å². The van der Waals surface area contributed by atoms with Crippen molar-refractivity contribution in [3.05, 3.63) is 78.4 Å². The first-order valence-corrected chi connectivity index (χ1v) is 8.51. The molecule has 0 saturated carbocycles. The number of aromatic hydroxyl groups is 2. The maximum absolute atomic E-state index is 10.3. The Morgan fingerprint density at radius 2 is 1.07 bits per heavy atom. The molecule has 0 saturated heterocycles. The van der Waals surface area contributed by atoms with E-state index < -0.39 is 0 Å². The highest BCUT2D eigenvalue weighted by atomic mass is 16.3. The topological polar surface area (TPSA) is 79.1 Å². The van der Waals surface area contributed by atoms with Crippen molar-refractivity contribution in [3.63, 3.8) is 0 Å². The number of nitrogens with zero attached hydrogens (tertiary/aromatic N) is 3. The predicted octanol–water partition coefficient (Wildman–Crippen LogP) is 4.59. The predicted molar refractivity (Wildman–Crippen MR) is 104 cm³/mol. The van der Waals surface area contributed by atoms with E-state index in [1.165, 1.54) is 6.07 Å². The summed E-state index contributed by atoms with van der Waals surface area (Å²) in [6.45, 7) is 1.76. The van der Waals surface area contributed by atoms with Gasteiger partial charge in [0.1, 0.15) is 11.5 Å². The van der Waals surface area contributed by atoms with Crippen molar-refractivity contribution in [3.8, 4) is 45.7 Å². The zero-order valence-electron chi connectivity index (χ0n) is 14.7. The van der Waals surface area contributed by atoms with E-state index in [1.807, 2.05) is 60.7 Å². The van der Waals surface area contributed by atoms with Crippen molar-refractivity contribution < 1.29 is 10.2 Å². The molecule has 5 nitrogen and oxygen atoms in total. The first-order valence-electron chi connectivity index (χ1n) is 8.51. The summed E-state index contributed by atoms with van der Waals surface area (Å²) in [5.74, 6) is 1.33. The standard InChI is InChI=1S/C22H17N3O2/c1-14-12-17(19(27)13-18(14)26)22-24-20(15-8-4-2-5-9-15)23-21(25-22)16-10-6-3-7-11-16/h2-13,26-27H,1H3. The lowest BCUT2D eigenvalue weighted by molar-refractivity contribution is 0.449. The smallest absolute Gasteiger partial charge is 0.167 e. The first-order chi connectivity index (χ1) is 13.1. The van der Waals surface area contributed by atoms with E-state index >= 15 is 0 Å². The van der Waals surface area contributed by atoms with E-state index in [2.05, 4.69) is 15.0 Å². The molecule has 0 aliphatic rings. The van der Waals surface area contributed by atoms with E-state index in [9.17, 15) is 10.2 Å². The van der Waals surface area contributed by atoms with Gasteiger partial charge in [0.15, 0.2) is 17.5 Å². The van der Waals surface area contributed by atoms with Crippen molar-refractivity contribution in [1.82, 2.24) is 15.0 Å². The number of hydrogen-bond acceptors (Lipinski definition) is 5. The van der Waals surface area contributed by atoms with Crippen LogP contribution in [0.2, 0.25) is 0 Å². The molecule has 2 N–H and O–H groups in total. The fourth-order valence-corrected chi connectivity index (χ4v) is 2.79. The fraction of sp³-hybridized carbons (Fsp3) is 0.0455. The molecular weight excluding hydrogens is 338 g/mol. The quantitative estimate of drug-likeness (QED) is 0.562. The zero-order chi connectivity index (χ0) is 18.8. The summed E-state index contributed by atoms with van der Waals surface area (Å²) in [6, 6.07) is 22.2. The Morgan fingerprint density at radius 1 is 0.593 bits per heavy atom. The summed E-state index contributed by atoms with van der Waals surface area (Å²) in [5, 5.41) is 20.2. The van der Waals surface area contributed by atoms with Crippen molar-refractivity contribution in [1.29, 1.82) is 0 Å². The van der Waals surface area contributed by atoms with Crippen LogP contribution in [0.4, 0.5) is 0 Å². The lowest BCUT2D eigenvalue weighted by Crippen LogP contribution is -2.00. The van der Waals surface area contributed by atoms with E-state index in [0.29, 0.717) is 28.6 Å². The number of aryl methyl sites for hydroxylation is 1. The zero-order valence-corrected chi connectivity index (χ0v) is 14.7. The summed E-state index contributed by atoms with van der Waals surface area (Å²) in [6.07, 6.45) is 0. The molecule has 0 radical (unpaired) electrons. The van der Waals surface area contributed by atoms with Gasteiger partial charge < -0.3 is 10.2 Å². The molecule has 0 aliphatic carbocycles. The van der Waals surface area contributed by atoms with Crippen LogP contribution in [0.3, 0.4) is 0 Å². The summed E-state index contributed by atoms with van der Waals surface area (Å²) >= 11 is 0. The third kappa shape index (κ3) is 3.35. The molecule has 132 valence electrons. The Morgan fingerprint density at radius 3 is 1.59 bits per heavy atom. The highest BCUT2D eigenvalue weighted by molar-refractivity contribution is 5.71. The number of phenols is 2. The average molecular weight is 355 g/mol. The molecule has 0 unspecified atom stereocenters. The van der Waals surface area contributed by atoms with E-state index in [-0.39, 0.29) is 11.5 Å². The normalized spacial score (nSPS) is 10.7. The average Bonchev–Trinajstić information content (AvgIpc) is 2.72. The summed E-state index contributed by atoms with van der Waals surface area (Å²) in [4.78, 5) is 13.8. The largest absolute Gasteiger partial charge is 0.508 e. The first kappa shape index (κ1) is 16.7. The maximum Gasteiger partial charge on any atom is 0.167 e.